The molecular weight excluding hydrogens is 414 g/mol. The number of halogens is 2. The molecule has 0 radical (unpaired) electrons. The van der Waals surface area contributed by atoms with Gasteiger partial charge in [0.1, 0.15) is 11.6 Å². The summed E-state index contributed by atoms with van der Waals surface area (Å²) >= 11 is 0. The Morgan fingerprint density at radius 2 is 1.84 bits per heavy atom. The van der Waals surface area contributed by atoms with Crippen LogP contribution in [0.3, 0.4) is 0 Å². The van der Waals surface area contributed by atoms with Crippen molar-refractivity contribution in [1.29, 1.82) is 0 Å². The molecule has 0 aliphatic rings. The summed E-state index contributed by atoms with van der Waals surface area (Å²) in [5, 5.41) is 2.95. The third kappa shape index (κ3) is 7.09. The zero-order chi connectivity index (χ0) is 24.1. The lowest BCUT2D eigenvalue weighted by atomic mass is 9.75. The van der Waals surface area contributed by atoms with E-state index in [-0.39, 0.29) is 35.3 Å². The van der Waals surface area contributed by atoms with E-state index in [1.165, 1.54) is 18.2 Å². The van der Waals surface area contributed by atoms with Gasteiger partial charge in [0.2, 0.25) is 5.91 Å². The SMILES string of the molecule is CN(C)[C@H](CNC(=O)C[C@H](c1cncc(F)c1)C(C)(C)C)Cc1ccc(C(N)=O)c(F)c1. The number of amides is 2. The Morgan fingerprint density at radius 1 is 1.16 bits per heavy atom. The van der Waals surface area contributed by atoms with E-state index in [0.29, 0.717) is 24.1 Å². The van der Waals surface area contributed by atoms with E-state index in [9.17, 15) is 18.4 Å². The molecule has 0 bridgehead atoms. The van der Waals surface area contributed by atoms with E-state index in [1.807, 2.05) is 39.8 Å². The molecule has 8 heteroatoms. The van der Waals surface area contributed by atoms with Crippen LogP contribution in [-0.4, -0.2) is 48.4 Å². The molecule has 1 aromatic heterocycles. The fourth-order valence-corrected chi connectivity index (χ4v) is 3.63. The van der Waals surface area contributed by atoms with Crippen molar-refractivity contribution in [2.45, 2.75) is 45.6 Å². The lowest BCUT2D eigenvalue weighted by Gasteiger charge is -2.31. The van der Waals surface area contributed by atoms with Crippen LogP contribution in [0.15, 0.2) is 36.7 Å². The minimum Gasteiger partial charge on any atom is -0.366 e. The highest BCUT2D eigenvalue weighted by Crippen LogP contribution is 2.37. The van der Waals surface area contributed by atoms with E-state index >= 15 is 0 Å². The molecule has 2 amide bonds. The summed E-state index contributed by atoms with van der Waals surface area (Å²) in [6, 6.07) is 5.66. The van der Waals surface area contributed by atoms with E-state index in [2.05, 4.69) is 10.3 Å². The zero-order valence-corrected chi connectivity index (χ0v) is 19.3. The smallest absolute Gasteiger partial charge is 0.251 e. The van der Waals surface area contributed by atoms with Crippen molar-refractivity contribution in [2.24, 2.45) is 11.1 Å². The van der Waals surface area contributed by atoms with Crippen LogP contribution >= 0.6 is 0 Å². The van der Waals surface area contributed by atoms with Gasteiger partial charge in [0.15, 0.2) is 0 Å². The normalized spacial score (nSPS) is 13.6. The van der Waals surface area contributed by atoms with Gasteiger partial charge in [-0.25, -0.2) is 8.78 Å². The van der Waals surface area contributed by atoms with Crippen LogP contribution in [0.2, 0.25) is 0 Å². The third-order valence-electron chi connectivity index (χ3n) is 5.60. The lowest BCUT2D eigenvalue weighted by Crippen LogP contribution is -2.42. The maximum atomic E-state index is 14.1. The van der Waals surface area contributed by atoms with Crippen LogP contribution in [0.4, 0.5) is 8.78 Å². The topological polar surface area (TPSA) is 88.3 Å². The molecule has 0 spiro atoms. The fourth-order valence-electron chi connectivity index (χ4n) is 3.63. The molecule has 0 fully saturated rings. The van der Waals surface area contributed by atoms with E-state index < -0.39 is 17.5 Å². The molecule has 0 saturated heterocycles. The second kappa shape index (κ2) is 10.6. The largest absolute Gasteiger partial charge is 0.366 e. The number of nitrogens with one attached hydrogen (secondary N) is 1. The molecule has 1 aromatic carbocycles. The minimum absolute atomic E-state index is 0.0956. The molecule has 6 nitrogen and oxygen atoms in total. The first-order chi connectivity index (χ1) is 14.9. The number of aromatic nitrogens is 1. The summed E-state index contributed by atoms with van der Waals surface area (Å²) in [6.45, 7) is 6.36. The summed E-state index contributed by atoms with van der Waals surface area (Å²) in [6.07, 6.45) is 3.40. The lowest BCUT2D eigenvalue weighted by molar-refractivity contribution is -0.122. The summed E-state index contributed by atoms with van der Waals surface area (Å²) in [7, 11) is 3.75. The number of hydrogen-bond acceptors (Lipinski definition) is 4. The Bertz CT molecular complexity index is 957. The van der Waals surface area contributed by atoms with Crippen molar-refractivity contribution in [3.05, 3.63) is 65.0 Å². The molecular formula is C24H32F2N4O2. The van der Waals surface area contributed by atoms with Gasteiger partial charge in [0.25, 0.3) is 5.91 Å². The number of carbonyl (C=O) groups excluding carboxylic acids is 2. The van der Waals surface area contributed by atoms with Gasteiger partial charge < -0.3 is 16.0 Å². The Labute approximate surface area is 188 Å². The van der Waals surface area contributed by atoms with Crippen LogP contribution in [0.1, 0.15) is 54.6 Å². The molecule has 0 aliphatic heterocycles. The summed E-state index contributed by atoms with van der Waals surface area (Å²) < 4.78 is 27.8. The van der Waals surface area contributed by atoms with Crippen LogP contribution in [0, 0.1) is 17.0 Å². The van der Waals surface area contributed by atoms with Gasteiger partial charge in [0.05, 0.1) is 11.8 Å². The molecule has 1 heterocycles. The third-order valence-corrected chi connectivity index (χ3v) is 5.60. The second-order valence-electron chi connectivity index (χ2n) is 9.36. The highest BCUT2D eigenvalue weighted by molar-refractivity contribution is 5.93. The molecule has 2 rings (SSSR count). The van der Waals surface area contributed by atoms with Gasteiger partial charge in [-0.1, -0.05) is 26.8 Å². The van der Waals surface area contributed by atoms with Gasteiger partial charge in [-0.3, -0.25) is 14.6 Å². The molecule has 0 unspecified atom stereocenters. The number of rotatable bonds is 9. The number of carbonyl (C=O) groups is 2. The highest BCUT2D eigenvalue weighted by Gasteiger charge is 2.29. The molecule has 0 aliphatic carbocycles. The highest BCUT2D eigenvalue weighted by atomic mass is 19.1. The minimum atomic E-state index is -0.813. The van der Waals surface area contributed by atoms with Crippen LogP contribution in [0.25, 0.3) is 0 Å². The van der Waals surface area contributed by atoms with Gasteiger partial charge in [-0.2, -0.15) is 0 Å². The van der Waals surface area contributed by atoms with E-state index in [1.54, 1.807) is 12.3 Å². The number of benzene rings is 1. The Hall–Kier alpha value is -2.87. The van der Waals surface area contributed by atoms with Crippen molar-refractivity contribution in [3.63, 3.8) is 0 Å². The van der Waals surface area contributed by atoms with E-state index in [4.69, 9.17) is 5.73 Å². The first-order valence-corrected chi connectivity index (χ1v) is 10.5. The summed E-state index contributed by atoms with van der Waals surface area (Å²) in [4.78, 5) is 29.8. The molecule has 174 valence electrons. The maximum Gasteiger partial charge on any atom is 0.251 e. The van der Waals surface area contributed by atoms with Gasteiger partial charge in [-0.05, 0) is 61.2 Å². The van der Waals surface area contributed by atoms with Crippen LogP contribution in [-0.2, 0) is 11.2 Å². The van der Waals surface area contributed by atoms with Crippen molar-refractivity contribution in [3.8, 4) is 0 Å². The van der Waals surface area contributed by atoms with Crippen LogP contribution < -0.4 is 11.1 Å². The van der Waals surface area contributed by atoms with Crippen molar-refractivity contribution in [1.82, 2.24) is 15.2 Å². The standard InChI is InChI=1S/C24H32F2N4O2/c1-24(2,3)20(16-10-17(25)13-28-12-16)11-22(31)29-14-18(30(4)5)8-15-6-7-19(23(27)32)21(26)9-15/h6-7,9-10,12-13,18,20H,8,11,14H2,1-5H3,(H2,27,32)(H,29,31)/t18-,20+/m0/s1. The Kier molecular flexibility index (Phi) is 8.44. The number of hydrogen-bond donors (Lipinski definition) is 2. The predicted molar refractivity (Wildman–Crippen MR) is 120 cm³/mol. The number of pyridine rings is 1. The van der Waals surface area contributed by atoms with Gasteiger partial charge in [0, 0.05) is 25.2 Å². The number of primary amides is 1. The number of nitrogens with zero attached hydrogens (tertiary/aromatic N) is 2. The maximum absolute atomic E-state index is 14.1. The van der Waals surface area contributed by atoms with Crippen molar-refractivity contribution in [2.75, 3.05) is 20.6 Å². The van der Waals surface area contributed by atoms with E-state index in [0.717, 1.165) is 6.20 Å². The zero-order valence-electron chi connectivity index (χ0n) is 19.3. The molecule has 2 aromatic rings. The Morgan fingerprint density at radius 3 is 2.38 bits per heavy atom. The van der Waals surface area contributed by atoms with Gasteiger partial charge in [-0.15, -0.1) is 0 Å². The summed E-state index contributed by atoms with van der Waals surface area (Å²) in [5.74, 6) is -2.27. The monoisotopic (exact) mass is 446 g/mol. The number of nitrogens with two attached hydrogens (primary N) is 1. The second-order valence-corrected chi connectivity index (χ2v) is 9.36. The summed E-state index contributed by atoms with van der Waals surface area (Å²) in [5.41, 5.74) is 6.11. The molecule has 0 saturated carbocycles. The first-order valence-electron chi connectivity index (χ1n) is 10.5. The van der Waals surface area contributed by atoms with Crippen LogP contribution in [0.5, 0.6) is 0 Å². The average Bonchev–Trinajstić information content (AvgIpc) is 2.68. The molecule has 32 heavy (non-hydrogen) atoms. The average molecular weight is 447 g/mol. The molecule has 3 N–H and O–H groups in total. The van der Waals surface area contributed by atoms with Crippen molar-refractivity contribution < 1.29 is 18.4 Å². The predicted octanol–water partition coefficient (Wildman–Crippen LogP) is 3.27. The van der Waals surface area contributed by atoms with Gasteiger partial charge >= 0.3 is 0 Å². The first kappa shape index (κ1) is 25.4. The van der Waals surface area contributed by atoms with Crippen molar-refractivity contribution >= 4 is 11.8 Å². The fraction of sp³-hybridized carbons (Fsp3) is 0.458. The number of likely N-dealkylation sites (N-methyl/N-ethyl adjacent to an activating group) is 1. The quantitative estimate of drug-likeness (QED) is 0.619. The molecule has 2 atom stereocenters. The Balaban J connectivity index is 2.06.